The Morgan fingerprint density at radius 1 is 1.12 bits per heavy atom. The van der Waals surface area contributed by atoms with Gasteiger partial charge in [-0.1, -0.05) is 24.3 Å². The lowest BCUT2D eigenvalue weighted by Crippen LogP contribution is -2.09. The number of rotatable bonds is 7. The molecule has 0 aliphatic heterocycles. The summed E-state index contributed by atoms with van der Waals surface area (Å²) in [4.78, 5) is 4.71. The zero-order chi connectivity index (χ0) is 18.5. The van der Waals surface area contributed by atoms with E-state index in [0.717, 1.165) is 22.3 Å². The molecule has 1 unspecified atom stereocenters. The average molecular weight is 352 g/mol. The molecule has 1 heterocycles. The van der Waals surface area contributed by atoms with Crippen molar-refractivity contribution < 1.29 is 14.6 Å². The third kappa shape index (κ3) is 3.89. The summed E-state index contributed by atoms with van der Waals surface area (Å²) in [5.41, 5.74) is 3.23. The maximum absolute atomic E-state index is 8.91. The molecule has 3 rings (SSSR count). The van der Waals surface area contributed by atoms with Crippen molar-refractivity contribution in [3.63, 3.8) is 0 Å². The van der Waals surface area contributed by atoms with Gasteiger partial charge in [-0.05, 0) is 49.2 Å². The minimum Gasteiger partial charge on any atom is -0.493 e. The molecular formula is C21H24N2O3. The minimum atomic E-state index is -0.0319. The van der Waals surface area contributed by atoms with E-state index in [9.17, 15) is 0 Å². The van der Waals surface area contributed by atoms with Crippen molar-refractivity contribution in [3.05, 3.63) is 59.7 Å². The van der Waals surface area contributed by atoms with E-state index in [2.05, 4.69) is 31.3 Å². The van der Waals surface area contributed by atoms with Crippen molar-refractivity contribution in [2.45, 2.75) is 19.9 Å². The van der Waals surface area contributed by atoms with Crippen LogP contribution in [0.25, 0.3) is 10.9 Å². The highest BCUT2D eigenvalue weighted by molar-refractivity contribution is 5.83. The number of nitrogens with zero attached hydrogens (tertiary/aromatic N) is 1. The number of pyridine rings is 1. The number of fused-ring (bicyclic) bond motifs is 1. The third-order valence-corrected chi connectivity index (χ3v) is 4.32. The molecular weight excluding hydrogens is 328 g/mol. The van der Waals surface area contributed by atoms with Gasteiger partial charge in [-0.15, -0.1) is 0 Å². The number of aliphatic hydroxyl groups excluding tert-OH is 1. The number of anilines is 1. The number of hydrogen-bond acceptors (Lipinski definition) is 5. The Labute approximate surface area is 153 Å². The highest BCUT2D eigenvalue weighted by Crippen LogP contribution is 2.31. The van der Waals surface area contributed by atoms with Crippen LogP contribution >= 0.6 is 0 Å². The lowest BCUT2D eigenvalue weighted by molar-refractivity contribution is 0.196. The topological polar surface area (TPSA) is 63.6 Å². The first kappa shape index (κ1) is 18.0. The van der Waals surface area contributed by atoms with Crippen LogP contribution in [0.4, 0.5) is 5.82 Å². The molecule has 5 nitrogen and oxygen atoms in total. The van der Waals surface area contributed by atoms with Crippen molar-refractivity contribution in [2.75, 3.05) is 25.6 Å². The number of aliphatic hydroxyl groups is 1. The molecule has 0 aliphatic rings. The van der Waals surface area contributed by atoms with E-state index in [1.54, 1.807) is 7.11 Å². The first-order valence-corrected chi connectivity index (χ1v) is 8.67. The molecule has 3 aromatic rings. The summed E-state index contributed by atoms with van der Waals surface area (Å²) in [5.74, 6) is 2.11. The van der Waals surface area contributed by atoms with Crippen LogP contribution < -0.4 is 14.8 Å². The summed E-state index contributed by atoms with van der Waals surface area (Å²) in [6, 6.07) is 16.0. The summed E-state index contributed by atoms with van der Waals surface area (Å²) < 4.78 is 10.9. The largest absolute Gasteiger partial charge is 0.493 e. The maximum atomic E-state index is 8.91. The highest BCUT2D eigenvalue weighted by Gasteiger charge is 2.12. The van der Waals surface area contributed by atoms with Crippen molar-refractivity contribution in [1.82, 2.24) is 4.98 Å². The fourth-order valence-corrected chi connectivity index (χ4v) is 2.96. The average Bonchev–Trinajstić information content (AvgIpc) is 2.66. The molecule has 0 bridgehead atoms. The Morgan fingerprint density at radius 2 is 1.92 bits per heavy atom. The van der Waals surface area contributed by atoms with Gasteiger partial charge in [0.25, 0.3) is 0 Å². The van der Waals surface area contributed by atoms with Crippen LogP contribution in [0, 0.1) is 6.92 Å². The molecule has 0 amide bonds. The number of aryl methyl sites for hydroxylation is 1. The number of benzene rings is 2. The van der Waals surface area contributed by atoms with Crippen LogP contribution in [0.5, 0.6) is 11.5 Å². The van der Waals surface area contributed by atoms with Crippen molar-refractivity contribution in [3.8, 4) is 11.5 Å². The van der Waals surface area contributed by atoms with E-state index in [1.807, 2.05) is 36.4 Å². The molecule has 136 valence electrons. The molecule has 1 aromatic heterocycles. The van der Waals surface area contributed by atoms with Gasteiger partial charge in [-0.3, -0.25) is 0 Å². The number of aromatic nitrogens is 1. The van der Waals surface area contributed by atoms with Crippen molar-refractivity contribution >= 4 is 16.7 Å². The van der Waals surface area contributed by atoms with E-state index in [-0.39, 0.29) is 19.3 Å². The van der Waals surface area contributed by atoms with E-state index in [0.29, 0.717) is 11.5 Å². The second kappa shape index (κ2) is 8.06. The first-order valence-electron chi connectivity index (χ1n) is 8.67. The monoisotopic (exact) mass is 352 g/mol. The summed E-state index contributed by atoms with van der Waals surface area (Å²) in [7, 11) is 1.61. The fourth-order valence-electron chi connectivity index (χ4n) is 2.96. The lowest BCUT2D eigenvalue weighted by Gasteiger charge is -2.18. The Balaban J connectivity index is 1.82. The zero-order valence-electron chi connectivity index (χ0n) is 15.3. The molecule has 0 spiro atoms. The van der Waals surface area contributed by atoms with Gasteiger partial charge in [0.2, 0.25) is 0 Å². The Morgan fingerprint density at radius 3 is 2.69 bits per heavy atom. The minimum absolute atomic E-state index is 0.0319. The normalized spacial score (nSPS) is 12.0. The molecule has 2 N–H and O–H groups in total. The predicted octanol–water partition coefficient (Wildman–Crippen LogP) is 4.10. The quantitative estimate of drug-likeness (QED) is 0.670. The van der Waals surface area contributed by atoms with Crippen molar-refractivity contribution in [2.24, 2.45) is 0 Å². The summed E-state index contributed by atoms with van der Waals surface area (Å²) >= 11 is 0. The van der Waals surface area contributed by atoms with Gasteiger partial charge < -0.3 is 19.9 Å². The van der Waals surface area contributed by atoms with Gasteiger partial charge in [0, 0.05) is 5.39 Å². The van der Waals surface area contributed by atoms with Gasteiger partial charge in [0.05, 0.1) is 25.3 Å². The summed E-state index contributed by atoms with van der Waals surface area (Å²) in [6.07, 6.45) is 0. The molecule has 0 saturated heterocycles. The van der Waals surface area contributed by atoms with Crippen LogP contribution in [0.1, 0.15) is 24.1 Å². The van der Waals surface area contributed by atoms with Crippen LogP contribution in [0.3, 0.4) is 0 Å². The number of nitrogens with one attached hydrogen (secondary N) is 1. The first-order chi connectivity index (χ1) is 12.6. The van der Waals surface area contributed by atoms with Crippen molar-refractivity contribution in [1.29, 1.82) is 0 Å². The van der Waals surface area contributed by atoms with Gasteiger partial charge in [-0.2, -0.15) is 0 Å². The fraction of sp³-hybridized carbons (Fsp3) is 0.286. The van der Waals surface area contributed by atoms with E-state index >= 15 is 0 Å². The van der Waals surface area contributed by atoms with Crippen LogP contribution in [0.15, 0.2) is 48.5 Å². The molecule has 0 aliphatic carbocycles. The smallest absolute Gasteiger partial charge is 0.161 e. The second-order valence-corrected chi connectivity index (χ2v) is 6.19. The van der Waals surface area contributed by atoms with E-state index < -0.39 is 0 Å². The van der Waals surface area contributed by atoms with Gasteiger partial charge >= 0.3 is 0 Å². The molecule has 26 heavy (non-hydrogen) atoms. The molecule has 5 heteroatoms. The molecule has 1 atom stereocenters. The Bertz CT molecular complexity index is 896. The lowest BCUT2D eigenvalue weighted by atomic mass is 10.1. The molecule has 0 saturated carbocycles. The predicted molar refractivity (Wildman–Crippen MR) is 104 cm³/mol. The SMILES string of the molecule is COc1cc(C(C)Nc2cc(C)c3ccccc3n2)ccc1OCCO. The Kier molecular flexibility index (Phi) is 5.58. The number of ether oxygens (including phenoxy) is 2. The zero-order valence-corrected chi connectivity index (χ0v) is 15.3. The van der Waals surface area contributed by atoms with E-state index in [1.165, 1.54) is 5.56 Å². The maximum Gasteiger partial charge on any atom is 0.161 e. The molecule has 0 radical (unpaired) electrons. The third-order valence-electron chi connectivity index (χ3n) is 4.32. The second-order valence-electron chi connectivity index (χ2n) is 6.19. The van der Waals surface area contributed by atoms with Crippen LogP contribution in [-0.2, 0) is 0 Å². The molecule has 0 fully saturated rings. The summed E-state index contributed by atoms with van der Waals surface area (Å²) in [5, 5.41) is 13.5. The van der Waals surface area contributed by atoms with Crippen LogP contribution in [-0.4, -0.2) is 30.4 Å². The standard InChI is InChI=1S/C21H24N2O3/c1-14-12-21(23-18-7-5-4-6-17(14)18)22-15(2)16-8-9-19(26-11-10-24)20(13-16)25-3/h4-9,12-13,15,24H,10-11H2,1-3H3,(H,22,23). The van der Waals surface area contributed by atoms with Gasteiger partial charge in [0.15, 0.2) is 11.5 Å². The Hall–Kier alpha value is -2.79. The van der Waals surface area contributed by atoms with Gasteiger partial charge in [-0.25, -0.2) is 4.98 Å². The summed E-state index contributed by atoms with van der Waals surface area (Å²) in [6.45, 7) is 4.38. The van der Waals surface area contributed by atoms with Crippen LogP contribution in [0.2, 0.25) is 0 Å². The number of para-hydroxylation sites is 1. The van der Waals surface area contributed by atoms with E-state index in [4.69, 9.17) is 19.6 Å². The van der Waals surface area contributed by atoms with Gasteiger partial charge in [0.1, 0.15) is 12.4 Å². The molecule has 2 aromatic carbocycles. The highest BCUT2D eigenvalue weighted by atomic mass is 16.5. The number of hydrogen-bond donors (Lipinski definition) is 2. The number of methoxy groups -OCH3 is 1.